The number of hydrogen-bond acceptors (Lipinski definition) is 3. The predicted molar refractivity (Wildman–Crippen MR) is 63.9 cm³/mol. The largest absolute Gasteiger partial charge is 0.476 e. The molecule has 1 heterocycles. The van der Waals surface area contributed by atoms with Crippen molar-refractivity contribution < 1.29 is 9.53 Å². The van der Waals surface area contributed by atoms with Gasteiger partial charge < -0.3 is 4.74 Å². The summed E-state index contributed by atoms with van der Waals surface area (Å²) < 4.78 is 5.69. The normalized spacial score (nSPS) is 17.1. The topological polar surface area (TPSA) is 53.3 Å². The number of rotatable bonds is 1. The van der Waals surface area contributed by atoms with E-state index in [-0.39, 0.29) is 12.5 Å². The maximum Gasteiger partial charge on any atom is 0.271 e. The number of ether oxygens (including phenoxy) is 1. The van der Waals surface area contributed by atoms with Gasteiger partial charge in [0.25, 0.3) is 5.91 Å². The van der Waals surface area contributed by atoms with Gasteiger partial charge in [0, 0.05) is 0 Å². The summed E-state index contributed by atoms with van der Waals surface area (Å²) in [6, 6.07) is 7.61. The van der Waals surface area contributed by atoms with Gasteiger partial charge in [-0.05, 0) is 38.5 Å². The number of amides is 1. The van der Waals surface area contributed by atoms with E-state index >= 15 is 0 Å². The fourth-order valence-electron chi connectivity index (χ4n) is 1.91. The van der Waals surface area contributed by atoms with Crippen LogP contribution in [0.1, 0.15) is 19.4 Å². The first-order chi connectivity index (χ1) is 7.95. The molecule has 1 aliphatic heterocycles. The molecule has 0 radical (unpaired) electrons. The minimum absolute atomic E-state index is 0.0433. The minimum Gasteiger partial charge on any atom is -0.476 e. The van der Waals surface area contributed by atoms with Gasteiger partial charge in [0.2, 0.25) is 0 Å². The first-order valence-corrected chi connectivity index (χ1v) is 5.44. The number of aryl methyl sites for hydroxylation is 1. The van der Waals surface area contributed by atoms with Gasteiger partial charge >= 0.3 is 0 Å². The van der Waals surface area contributed by atoms with E-state index < -0.39 is 5.60 Å². The lowest BCUT2D eigenvalue weighted by atomic mass is 10.0. The van der Waals surface area contributed by atoms with Gasteiger partial charge in [0.05, 0.1) is 11.8 Å². The van der Waals surface area contributed by atoms with Crippen LogP contribution in [0.4, 0.5) is 5.69 Å². The van der Waals surface area contributed by atoms with Crippen LogP contribution in [0.5, 0.6) is 5.75 Å². The van der Waals surface area contributed by atoms with Crippen molar-refractivity contribution in [3.8, 4) is 11.8 Å². The van der Waals surface area contributed by atoms with Crippen LogP contribution in [-0.4, -0.2) is 18.1 Å². The van der Waals surface area contributed by atoms with E-state index in [9.17, 15) is 4.79 Å². The van der Waals surface area contributed by atoms with Crippen molar-refractivity contribution in [2.75, 3.05) is 11.4 Å². The highest BCUT2D eigenvalue weighted by atomic mass is 16.5. The Hall–Kier alpha value is -2.02. The van der Waals surface area contributed by atoms with E-state index in [1.165, 1.54) is 4.90 Å². The molecule has 88 valence electrons. The second kappa shape index (κ2) is 3.77. The molecule has 1 amide bonds. The van der Waals surface area contributed by atoms with Gasteiger partial charge in [-0.25, -0.2) is 0 Å². The lowest BCUT2D eigenvalue weighted by molar-refractivity contribution is -0.132. The monoisotopic (exact) mass is 230 g/mol. The quantitative estimate of drug-likeness (QED) is 0.693. The van der Waals surface area contributed by atoms with Crippen molar-refractivity contribution in [1.29, 1.82) is 5.26 Å². The second-order valence-electron chi connectivity index (χ2n) is 4.63. The van der Waals surface area contributed by atoms with Crippen LogP contribution in [-0.2, 0) is 4.79 Å². The molecule has 4 nitrogen and oxygen atoms in total. The molecule has 0 unspecified atom stereocenters. The van der Waals surface area contributed by atoms with Gasteiger partial charge in [-0.15, -0.1) is 0 Å². The van der Waals surface area contributed by atoms with Crippen molar-refractivity contribution in [2.45, 2.75) is 26.4 Å². The maximum absolute atomic E-state index is 12.1. The van der Waals surface area contributed by atoms with Crippen molar-refractivity contribution >= 4 is 11.6 Å². The summed E-state index contributed by atoms with van der Waals surface area (Å²) in [7, 11) is 0. The van der Waals surface area contributed by atoms with Crippen molar-refractivity contribution in [1.82, 2.24) is 0 Å². The van der Waals surface area contributed by atoms with Gasteiger partial charge in [0.15, 0.2) is 5.60 Å². The number of hydrogen-bond donors (Lipinski definition) is 0. The Morgan fingerprint density at radius 2 is 2.18 bits per heavy atom. The van der Waals surface area contributed by atoms with Crippen LogP contribution < -0.4 is 9.64 Å². The molecule has 0 saturated heterocycles. The third kappa shape index (κ3) is 1.84. The molecule has 4 heteroatoms. The van der Waals surface area contributed by atoms with E-state index in [1.54, 1.807) is 13.8 Å². The second-order valence-corrected chi connectivity index (χ2v) is 4.63. The summed E-state index contributed by atoms with van der Waals surface area (Å²) in [6.45, 7) is 5.43. The number of nitriles is 1. The molecule has 1 aromatic rings. The summed E-state index contributed by atoms with van der Waals surface area (Å²) in [5, 5.41) is 8.80. The third-order valence-corrected chi connectivity index (χ3v) is 2.76. The van der Waals surface area contributed by atoms with Gasteiger partial charge in [-0.2, -0.15) is 5.26 Å². The first-order valence-electron chi connectivity index (χ1n) is 5.44. The van der Waals surface area contributed by atoms with E-state index in [0.717, 1.165) is 5.56 Å². The highest BCUT2D eigenvalue weighted by molar-refractivity contribution is 6.02. The summed E-state index contributed by atoms with van der Waals surface area (Å²) in [6.07, 6.45) is 0. The van der Waals surface area contributed by atoms with E-state index in [4.69, 9.17) is 10.00 Å². The average molecular weight is 230 g/mol. The Bertz CT molecular complexity index is 515. The molecular formula is C13H14N2O2. The van der Waals surface area contributed by atoms with Crippen LogP contribution in [0.25, 0.3) is 0 Å². The number of benzene rings is 1. The minimum atomic E-state index is -0.919. The molecular weight excluding hydrogens is 216 g/mol. The van der Waals surface area contributed by atoms with Gasteiger partial charge in [-0.1, -0.05) is 6.07 Å². The zero-order valence-electron chi connectivity index (χ0n) is 10.2. The summed E-state index contributed by atoms with van der Waals surface area (Å²) in [5.74, 6) is 0.472. The van der Waals surface area contributed by atoms with Crippen molar-refractivity contribution in [3.05, 3.63) is 23.8 Å². The number of carbonyl (C=O) groups excluding carboxylic acids is 1. The number of fused-ring (bicyclic) bond motifs is 1. The molecule has 0 spiro atoms. The van der Waals surface area contributed by atoms with Crippen LogP contribution in [0.15, 0.2) is 18.2 Å². The van der Waals surface area contributed by atoms with Gasteiger partial charge in [-0.3, -0.25) is 9.69 Å². The molecule has 17 heavy (non-hydrogen) atoms. The van der Waals surface area contributed by atoms with Crippen LogP contribution >= 0.6 is 0 Å². The Balaban J connectivity index is 2.55. The number of anilines is 1. The molecule has 1 aliphatic rings. The highest BCUT2D eigenvalue weighted by Gasteiger charge is 2.40. The Morgan fingerprint density at radius 3 is 2.82 bits per heavy atom. The lowest BCUT2D eigenvalue weighted by Crippen LogP contribution is -2.52. The fourth-order valence-corrected chi connectivity index (χ4v) is 1.91. The zero-order valence-corrected chi connectivity index (χ0v) is 10.2. The first kappa shape index (κ1) is 11.5. The van der Waals surface area contributed by atoms with E-state index in [2.05, 4.69) is 0 Å². The predicted octanol–water partition coefficient (Wildman–Crippen LogP) is 2.02. The summed E-state index contributed by atoms with van der Waals surface area (Å²) in [5.41, 5.74) is 0.810. The third-order valence-electron chi connectivity index (χ3n) is 2.76. The van der Waals surface area contributed by atoms with Crippen LogP contribution in [0, 0.1) is 18.3 Å². The smallest absolute Gasteiger partial charge is 0.271 e. The fraction of sp³-hybridized carbons (Fsp3) is 0.385. The molecule has 0 aliphatic carbocycles. The molecule has 0 bridgehead atoms. The van der Waals surface area contributed by atoms with Crippen molar-refractivity contribution in [2.24, 2.45) is 0 Å². The van der Waals surface area contributed by atoms with Crippen molar-refractivity contribution in [3.63, 3.8) is 0 Å². The summed E-state index contributed by atoms with van der Waals surface area (Å²) >= 11 is 0. The zero-order chi connectivity index (χ0) is 12.6. The molecule has 1 aromatic carbocycles. The Kier molecular flexibility index (Phi) is 2.55. The summed E-state index contributed by atoms with van der Waals surface area (Å²) in [4.78, 5) is 13.6. The van der Waals surface area contributed by atoms with Crippen LogP contribution in [0.2, 0.25) is 0 Å². The Labute approximate surface area is 100 Å². The lowest BCUT2D eigenvalue weighted by Gasteiger charge is -2.37. The number of nitrogens with zero attached hydrogens (tertiary/aromatic N) is 2. The SMILES string of the molecule is Cc1ccc2c(c1)OC(C)(C)C(=O)N2CC#N. The molecule has 0 atom stereocenters. The van der Waals surface area contributed by atoms with E-state index in [0.29, 0.717) is 11.4 Å². The average Bonchev–Trinajstić information content (AvgIpc) is 2.24. The molecule has 0 aromatic heterocycles. The molecule has 0 N–H and O–H groups in total. The Morgan fingerprint density at radius 1 is 1.47 bits per heavy atom. The number of carbonyl (C=O) groups is 1. The molecule has 0 fully saturated rings. The van der Waals surface area contributed by atoms with Crippen LogP contribution in [0.3, 0.4) is 0 Å². The highest BCUT2D eigenvalue weighted by Crippen LogP contribution is 2.37. The molecule has 2 rings (SSSR count). The standard InChI is InChI=1S/C13H14N2O2/c1-9-4-5-10-11(8-9)17-13(2,3)12(16)15(10)7-6-14/h4-5,8H,7H2,1-3H3. The van der Waals surface area contributed by atoms with Gasteiger partial charge in [0.1, 0.15) is 12.3 Å². The maximum atomic E-state index is 12.1. The van der Waals surface area contributed by atoms with E-state index in [1.807, 2.05) is 31.2 Å². The molecule has 0 saturated carbocycles.